The Morgan fingerprint density at radius 2 is 2.18 bits per heavy atom. The number of amides is 1. The number of hydrogen-bond donors (Lipinski definition) is 0. The van der Waals surface area contributed by atoms with Gasteiger partial charge in [0, 0.05) is 19.0 Å². The predicted molar refractivity (Wildman–Crippen MR) is 85.8 cm³/mol. The summed E-state index contributed by atoms with van der Waals surface area (Å²) in [5.41, 5.74) is 1.04. The van der Waals surface area contributed by atoms with Crippen LogP contribution < -0.4 is 4.74 Å². The monoisotopic (exact) mass is 325 g/mol. The largest absolute Gasteiger partial charge is 0.497 e. The van der Waals surface area contributed by atoms with E-state index in [9.17, 15) is 13.2 Å². The van der Waals surface area contributed by atoms with Crippen LogP contribution >= 0.6 is 0 Å². The molecule has 0 aliphatic carbocycles. The zero-order valence-corrected chi connectivity index (χ0v) is 13.9. The van der Waals surface area contributed by atoms with Gasteiger partial charge in [0.2, 0.25) is 5.91 Å². The lowest BCUT2D eigenvalue weighted by Crippen LogP contribution is -2.41. The molecule has 0 spiro atoms. The van der Waals surface area contributed by atoms with E-state index in [1.54, 1.807) is 12.0 Å². The first kappa shape index (κ1) is 16.8. The quantitative estimate of drug-likeness (QED) is 0.798. The molecule has 6 heteroatoms. The molecule has 0 saturated carbocycles. The van der Waals surface area contributed by atoms with Crippen LogP contribution in [0.3, 0.4) is 0 Å². The van der Waals surface area contributed by atoms with Crippen LogP contribution in [0.25, 0.3) is 0 Å². The summed E-state index contributed by atoms with van der Waals surface area (Å²) in [6.07, 6.45) is 1.57. The van der Waals surface area contributed by atoms with Gasteiger partial charge < -0.3 is 9.64 Å². The molecule has 1 aromatic rings. The number of hydrogen-bond acceptors (Lipinski definition) is 4. The minimum Gasteiger partial charge on any atom is -0.497 e. The molecule has 1 unspecified atom stereocenters. The lowest BCUT2D eigenvalue weighted by atomic mass is 10.1. The molecular weight excluding hydrogens is 302 g/mol. The molecule has 1 atom stereocenters. The molecule has 22 heavy (non-hydrogen) atoms. The van der Waals surface area contributed by atoms with Crippen molar-refractivity contribution in [2.45, 2.75) is 32.2 Å². The molecule has 0 bridgehead atoms. The third-order valence-corrected chi connectivity index (χ3v) is 5.82. The van der Waals surface area contributed by atoms with Crippen LogP contribution in [0, 0.1) is 0 Å². The average Bonchev–Trinajstić information content (AvgIpc) is 2.86. The summed E-state index contributed by atoms with van der Waals surface area (Å²) in [4.78, 5) is 14.1. The molecule has 1 heterocycles. The van der Waals surface area contributed by atoms with Crippen molar-refractivity contribution in [3.8, 4) is 5.75 Å². The van der Waals surface area contributed by atoms with E-state index in [2.05, 4.69) is 0 Å². The van der Waals surface area contributed by atoms with Gasteiger partial charge in [-0.1, -0.05) is 12.1 Å². The highest BCUT2D eigenvalue weighted by molar-refractivity contribution is 7.91. The molecule has 122 valence electrons. The van der Waals surface area contributed by atoms with E-state index in [1.807, 2.05) is 31.2 Å². The molecule has 1 aromatic carbocycles. The molecule has 1 saturated heterocycles. The maximum absolute atomic E-state index is 12.4. The third kappa shape index (κ3) is 4.22. The van der Waals surface area contributed by atoms with Crippen LogP contribution in [0.2, 0.25) is 0 Å². The molecule has 1 amide bonds. The number of sulfone groups is 1. The van der Waals surface area contributed by atoms with Crippen molar-refractivity contribution in [3.05, 3.63) is 29.8 Å². The van der Waals surface area contributed by atoms with E-state index >= 15 is 0 Å². The highest BCUT2D eigenvalue weighted by Crippen LogP contribution is 2.19. The van der Waals surface area contributed by atoms with Gasteiger partial charge in [-0.25, -0.2) is 8.42 Å². The Hall–Kier alpha value is -1.56. The first-order valence-electron chi connectivity index (χ1n) is 7.58. The van der Waals surface area contributed by atoms with Gasteiger partial charge in [0.25, 0.3) is 0 Å². The summed E-state index contributed by atoms with van der Waals surface area (Å²) in [7, 11) is -1.36. The summed E-state index contributed by atoms with van der Waals surface area (Å²) < 4.78 is 28.3. The first-order chi connectivity index (χ1) is 10.4. The topological polar surface area (TPSA) is 63.7 Å². The standard InChI is InChI=1S/C16H23NO4S/c1-3-17(14-9-10-22(19,20)12-14)16(18)8-7-13-5-4-6-15(11-13)21-2/h4-6,11,14H,3,7-10,12H2,1-2H3. The van der Waals surface area contributed by atoms with Gasteiger partial charge in [0.15, 0.2) is 9.84 Å². The fourth-order valence-electron chi connectivity index (χ4n) is 2.88. The zero-order valence-electron chi connectivity index (χ0n) is 13.1. The Kier molecular flexibility index (Phi) is 5.45. The third-order valence-electron chi connectivity index (χ3n) is 4.07. The van der Waals surface area contributed by atoms with Crippen molar-refractivity contribution in [3.63, 3.8) is 0 Å². The Labute approximate surface area is 132 Å². The molecule has 5 nitrogen and oxygen atoms in total. The number of nitrogens with zero attached hydrogens (tertiary/aromatic N) is 1. The van der Waals surface area contributed by atoms with Crippen molar-refractivity contribution < 1.29 is 17.9 Å². The number of methoxy groups -OCH3 is 1. The molecule has 2 rings (SSSR count). The van der Waals surface area contributed by atoms with Crippen LogP contribution in [-0.4, -0.2) is 50.4 Å². The number of benzene rings is 1. The second-order valence-electron chi connectivity index (χ2n) is 5.59. The number of carbonyl (C=O) groups excluding carboxylic acids is 1. The van der Waals surface area contributed by atoms with Gasteiger partial charge >= 0.3 is 0 Å². The van der Waals surface area contributed by atoms with E-state index in [0.717, 1.165) is 11.3 Å². The summed E-state index contributed by atoms with van der Waals surface area (Å²) in [5.74, 6) is 1.09. The lowest BCUT2D eigenvalue weighted by molar-refractivity contribution is -0.132. The fourth-order valence-corrected chi connectivity index (χ4v) is 4.61. The maximum atomic E-state index is 12.4. The zero-order chi connectivity index (χ0) is 16.2. The van der Waals surface area contributed by atoms with Crippen LogP contribution in [-0.2, 0) is 21.1 Å². The predicted octanol–water partition coefficient (Wildman–Crippen LogP) is 1.66. The van der Waals surface area contributed by atoms with Gasteiger partial charge in [-0.3, -0.25) is 4.79 Å². The molecule has 1 aliphatic heterocycles. The Balaban J connectivity index is 1.95. The van der Waals surface area contributed by atoms with E-state index < -0.39 is 9.84 Å². The van der Waals surface area contributed by atoms with Crippen molar-refractivity contribution in [1.29, 1.82) is 0 Å². The van der Waals surface area contributed by atoms with Crippen molar-refractivity contribution in [1.82, 2.24) is 4.90 Å². The number of rotatable bonds is 6. The van der Waals surface area contributed by atoms with Crippen molar-refractivity contribution in [2.75, 3.05) is 25.2 Å². The minimum absolute atomic E-state index is 0.0208. The SMILES string of the molecule is CCN(C(=O)CCc1cccc(OC)c1)C1CCS(=O)(=O)C1. The average molecular weight is 325 g/mol. The van der Waals surface area contributed by atoms with Crippen LogP contribution in [0.1, 0.15) is 25.3 Å². The lowest BCUT2D eigenvalue weighted by Gasteiger charge is -2.27. The van der Waals surface area contributed by atoms with Crippen molar-refractivity contribution in [2.24, 2.45) is 0 Å². The van der Waals surface area contributed by atoms with E-state index in [4.69, 9.17) is 4.74 Å². The minimum atomic E-state index is -2.97. The molecule has 0 radical (unpaired) electrons. The van der Waals surface area contributed by atoms with Gasteiger partial charge in [-0.05, 0) is 37.5 Å². The first-order valence-corrected chi connectivity index (χ1v) is 9.40. The van der Waals surface area contributed by atoms with Crippen LogP contribution in [0.4, 0.5) is 0 Å². The molecule has 0 aromatic heterocycles. The summed E-state index contributed by atoms with van der Waals surface area (Å²) >= 11 is 0. The number of carbonyl (C=O) groups is 1. The van der Waals surface area contributed by atoms with E-state index in [1.165, 1.54) is 0 Å². The summed E-state index contributed by atoms with van der Waals surface area (Å²) in [6, 6.07) is 7.50. The van der Waals surface area contributed by atoms with Gasteiger partial charge in [-0.15, -0.1) is 0 Å². The molecular formula is C16H23NO4S. The van der Waals surface area contributed by atoms with Gasteiger partial charge in [0.05, 0.1) is 18.6 Å². The normalized spacial score (nSPS) is 19.8. The molecule has 0 N–H and O–H groups in total. The highest BCUT2D eigenvalue weighted by atomic mass is 32.2. The second kappa shape index (κ2) is 7.13. The number of ether oxygens (including phenoxy) is 1. The smallest absolute Gasteiger partial charge is 0.223 e. The maximum Gasteiger partial charge on any atom is 0.223 e. The van der Waals surface area contributed by atoms with Gasteiger partial charge in [0.1, 0.15) is 5.75 Å². The highest BCUT2D eigenvalue weighted by Gasteiger charge is 2.33. The Bertz CT molecular complexity index is 627. The number of aryl methyl sites for hydroxylation is 1. The van der Waals surface area contributed by atoms with Crippen molar-refractivity contribution >= 4 is 15.7 Å². The van der Waals surface area contributed by atoms with Crippen LogP contribution in [0.5, 0.6) is 5.75 Å². The fraction of sp³-hybridized carbons (Fsp3) is 0.562. The summed E-state index contributed by atoms with van der Waals surface area (Å²) in [6.45, 7) is 2.45. The Morgan fingerprint density at radius 1 is 1.41 bits per heavy atom. The van der Waals surface area contributed by atoms with E-state index in [-0.39, 0.29) is 23.5 Å². The Morgan fingerprint density at radius 3 is 2.77 bits per heavy atom. The second-order valence-corrected chi connectivity index (χ2v) is 7.82. The van der Waals surface area contributed by atoms with Crippen LogP contribution in [0.15, 0.2) is 24.3 Å². The molecule has 1 fully saturated rings. The molecule has 1 aliphatic rings. The summed E-state index contributed by atoms with van der Waals surface area (Å²) in [5, 5.41) is 0. The van der Waals surface area contributed by atoms with E-state index in [0.29, 0.717) is 25.8 Å². The van der Waals surface area contributed by atoms with Gasteiger partial charge in [-0.2, -0.15) is 0 Å².